The van der Waals surface area contributed by atoms with Crippen molar-refractivity contribution in [1.29, 1.82) is 0 Å². The monoisotopic (exact) mass is 257 g/mol. The van der Waals surface area contributed by atoms with Crippen LogP contribution >= 0.6 is 0 Å². The van der Waals surface area contributed by atoms with E-state index in [9.17, 15) is 0 Å². The van der Waals surface area contributed by atoms with Crippen molar-refractivity contribution in [2.24, 2.45) is 0 Å². The van der Waals surface area contributed by atoms with E-state index >= 15 is 0 Å². The summed E-state index contributed by atoms with van der Waals surface area (Å²) < 4.78 is 5.33. The van der Waals surface area contributed by atoms with Crippen LogP contribution in [0.5, 0.6) is 0 Å². The van der Waals surface area contributed by atoms with Crippen molar-refractivity contribution in [1.82, 2.24) is 15.5 Å². The van der Waals surface area contributed by atoms with Crippen molar-refractivity contribution in [3.63, 3.8) is 0 Å². The minimum Gasteiger partial charge on any atom is -0.338 e. The number of rotatable bonds is 5. The van der Waals surface area contributed by atoms with Gasteiger partial charge in [0.2, 0.25) is 5.89 Å². The first-order chi connectivity index (χ1) is 9.16. The zero-order valence-corrected chi connectivity index (χ0v) is 11.4. The summed E-state index contributed by atoms with van der Waals surface area (Å²) in [7, 11) is 0. The lowest BCUT2D eigenvalue weighted by Crippen LogP contribution is -2.21. The highest BCUT2D eigenvalue weighted by atomic mass is 16.5. The van der Waals surface area contributed by atoms with Crippen LogP contribution in [0.3, 0.4) is 0 Å². The van der Waals surface area contributed by atoms with Gasteiger partial charge in [0.05, 0.1) is 12.0 Å². The highest BCUT2D eigenvalue weighted by Crippen LogP contribution is 2.29. The van der Waals surface area contributed by atoms with Crippen molar-refractivity contribution in [2.45, 2.75) is 44.7 Å². The van der Waals surface area contributed by atoms with Crippen molar-refractivity contribution in [3.05, 3.63) is 47.6 Å². The second-order valence-corrected chi connectivity index (χ2v) is 5.66. The van der Waals surface area contributed by atoms with Gasteiger partial charge in [0, 0.05) is 6.04 Å². The van der Waals surface area contributed by atoms with Gasteiger partial charge in [0.1, 0.15) is 0 Å². The first-order valence-electron chi connectivity index (χ1n) is 6.78. The summed E-state index contributed by atoms with van der Waals surface area (Å²) in [5.41, 5.74) is 0.959. The Labute approximate surface area is 113 Å². The third kappa shape index (κ3) is 2.68. The van der Waals surface area contributed by atoms with Crippen LogP contribution in [0.1, 0.15) is 44.0 Å². The lowest BCUT2D eigenvalue weighted by Gasteiger charge is -2.20. The average molecular weight is 257 g/mol. The standard InChI is InChI=1S/C15H19N3O/c1-15(2,11-6-4-3-5-7-11)14-17-13(19-18-14)10-16-12-8-9-12/h3-7,12,16H,8-10H2,1-2H3. The minimum atomic E-state index is -0.234. The first-order valence-corrected chi connectivity index (χ1v) is 6.78. The van der Waals surface area contributed by atoms with Crippen LogP contribution in [0.4, 0.5) is 0 Å². The van der Waals surface area contributed by atoms with Crippen LogP contribution in [0, 0.1) is 0 Å². The molecule has 0 amide bonds. The number of nitrogens with one attached hydrogen (secondary N) is 1. The van der Waals surface area contributed by atoms with Gasteiger partial charge in [-0.25, -0.2) is 0 Å². The van der Waals surface area contributed by atoms with Gasteiger partial charge in [-0.15, -0.1) is 0 Å². The Balaban J connectivity index is 1.76. The summed E-state index contributed by atoms with van der Waals surface area (Å²) in [6, 6.07) is 10.9. The highest BCUT2D eigenvalue weighted by molar-refractivity contribution is 5.30. The lowest BCUT2D eigenvalue weighted by atomic mass is 9.84. The molecule has 1 N–H and O–H groups in total. The zero-order valence-electron chi connectivity index (χ0n) is 11.4. The normalized spacial score (nSPS) is 15.7. The Morgan fingerprint density at radius 2 is 2.00 bits per heavy atom. The number of hydrogen-bond acceptors (Lipinski definition) is 4. The first kappa shape index (κ1) is 12.4. The second-order valence-electron chi connectivity index (χ2n) is 5.66. The van der Waals surface area contributed by atoms with E-state index in [1.54, 1.807) is 0 Å². The van der Waals surface area contributed by atoms with E-state index in [-0.39, 0.29) is 5.41 Å². The van der Waals surface area contributed by atoms with E-state index in [0.717, 1.165) is 5.82 Å². The zero-order chi connectivity index (χ0) is 13.3. The molecule has 1 saturated carbocycles. The van der Waals surface area contributed by atoms with Gasteiger partial charge < -0.3 is 9.84 Å². The molecule has 0 radical (unpaired) electrons. The van der Waals surface area contributed by atoms with E-state index in [2.05, 4.69) is 41.4 Å². The molecule has 2 aromatic rings. The fraction of sp³-hybridized carbons (Fsp3) is 0.467. The molecule has 1 fully saturated rings. The van der Waals surface area contributed by atoms with E-state index in [0.29, 0.717) is 18.5 Å². The van der Waals surface area contributed by atoms with Crippen molar-refractivity contribution >= 4 is 0 Å². The predicted octanol–water partition coefficient (Wildman–Crippen LogP) is 2.65. The Kier molecular flexibility index (Phi) is 3.11. The van der Waals surface area contributed by atoms with E-state index in [4.69, 9.17) is 4.52 Å². The molecule has 4 heteroatoms. The lowest BCUT2D eigenvalue weighted by molar-refractivity contribution is 0.356. The fourth-order valence-corrected chi connectivity index (χ4v) is 2.08. The number of aromatic nitrogens is 2. The van der Waals surface area contributed by atoms with E-state index in [1.807, 2.05) is 18.2 Å². The minimum absolute atomic E-state index is 0.234. The quantitative estimate of drug-likeness (QED) is 0.894. The maximum Gasteiger partial charge on any atom is 0.240 e. The SMILES string of the molecule is CC(C)(c1ccccc1)c1noc(CNC2CC2)n1. The Morgan fingerprint density at radius 3 is 2.68 bits per heavy atom. The van der Waals surface area contributed by atoms with Gasteiger partial charge in [-0.05, 0) is 32.3 Å². The molecular formula is C15H19N3O. The molecule has 0 atom stereocenters. The highest BCUT2D eigenvalue weighted by Gasteiger charge is 2.29. The summed E-state index contributed by atoms with van der Waals surface area (Å²) in [5.74, 6) is 1.41. The molecule has 1 aliphatic rings. The van der Waals surface area contributed by atoms with Gasteiger partial charge >= 0.3 is 0 Å². The molecule has 100 valence electrons. The Hall–Kier alpha value is -1.68. The molecule has 1 heterocycles. The molecule has 1 aliphatic carbocycles. The molecule has 1 aromatic heterocycles. The number of benzene rings is 1. The summed E-state index contributed by atoms with van der Waals surface area (Å²) in [6.07, 6.45) is 2.52. The maximum atomic E-state index is 5.33. The predicted molar refractivity (Wildman–Crippen MR) is 72.7 cm³/mol. The molecule has 0 spiro atoms. The van der Waals surface area contributed by atoms with Crippen LogP contribution in [-0.2, 0) is 12.0 Å². The van der Waals surface area contributed by atoms with Crippen LogP contribution in [-0.4, -0.2) is 16.2 Å². The van der Waals surface area contributed by atoms with E-state index < -0.39 is 0 Å². The summed E-state index contributed by atoms with van der Waals surface area (Å²) in [5, 5.41) is 7.52. The summed E-state index contributed by atoms with van der Waals surface area (Å²) in [4.78, 5) is 4.52. The Bertz CT molecular complexity index is 544. The van der Waals surface area contributed by atoms with Crippen molar-refractivity contribution in [3.8, 4) is 0 Å². The second kappa shape index (κ2) is 4.78. The van der Waals surface area contributed by atoms with Crippen LogP contribution in [0.15, 0.2) is 34.9 Å². The molecule has 0 unspecified atom stereocenters. The third-order valence-corrected chi connectivity index (χ3v) is 3.64. The molecule has 1 aromatic carbocycles. The number of hydrogen-bond donors (Lipinski definition) is 1. The Morgan fingerprint density at radius 1 is 1.26 bits per heavy atom. The van der Waals surface area contributed by atoms with Crippen molar-refractivity contribution < 1.29 is 4.52 Å². The summed E-state index contributed by atoms with van der Waals surface area (Å²) >= 11 is 0. The van der Waals surface area contributed by atoms with Gasteiger partial charge in [-0.2, -0.15) is 4.98 Å². The number of nitrogens with zero attached hydrogens (tertiary/aromatic N) is 2. The molecular weight excluding hydrogens is 238 g/mol. The van der Waals surface area contributed by atoms with Crippen LogP contribution in [0.25, 0.3) is 0 Å². The summed E-state index contributed by atoms with van der Waals surface area (Å²) in [6.45, 7) is 4.90. The topological polar surface area (TPSA) is 51.0 Å². The van der Waals surface area contributed by atoms with Crippen LogP contribution in [0.2, 0.25) is 0 Å². The third-order valence-electron chi connectivity index (χ3n) is 3.64. The molecule has 0 bridgehead atoms. The van der Waals surface area contributed by atoms with Crippen molar-refractivity contribution in [2.75, 3.05) is 0 Å². The molecule has 3 rings (SSSR count). The smallest absolute Gasteiger partial charge is 0.240 e. The van der Waals surface area contributed by atoms with Gasteiger partial charge in [0.25, 0.3) is 0 Å². The van der Waals surface area contributed by atoms with E-state index in [1.165, 1.54) is 18.4 Å². The van der Waals surface area contributed by atoms with Gasteiger partial charge in [-0.1, -0.05) is 35.5 Å². The average Bonchev–Trinajstić information content (AvgIpc) is 3.13. The van der Waals surface area contributed by atoms with Gasteiger partial charge in [0.15, 0.2) is 5.82 Å². The van der Waals surface area contributed by atoms with Crippen LogP contribution < -0.4 is 5.32 Å². The molecule has 4 nitrogen and oxygen atoms in total. The maximum absolute atomic E-state index is 5.33. The fourth-order valence-electron chi connectivity index (χ4n) is 2.08. The largest absolute Gasteiger partial charge is 0.338 e. The molecule has 19 heavy (non-hydrogen) atoms. The van der Waals surface area contributed by atoms with Gasteiger partial charge in [-0.3, -0.25) is 0 Å². The molecule has 0 saturated heterocycles. The molecule has 0 aliphatic heterocycles.